The molecule has 2 aromatic rings. The van der Waals surface area contributed by atoms with Crippen LogP contribution in [0.25, 0.3) is 0 Å². The van der Waals surface area contributed by atoms with E-state index in [0.717, 1.165) is 37.5 Å². The van der Waals surface area contributed by atoms with Gasteiger partial charge < -0.3 is 0 Å². The van der Waals surface area contributed by atoms with Gasteiger partial charge in [-0.3, -0.25) is 0 Å². The fourth-order valence-electron chi connectivity index (χ4n) is 7.31. The number of rotatable bonds is 4. The fraction of sp³-hybridized carbons (Fsp3) is 0.391. The summed E-state index contributed by atoms with van der Waals surface area (Å²) in [6.07, 6.45) is 43.9. The minimum Gasteiger partial charge on any atom is -0.197 e. The number of hydrogen-bond donors (Lipinski definition) is 0. The zero-order valence-corrected chi connectivity index (χ0v) is 30.4. The average molecular weight is 653 g/mol. The summed E-state index contributed by atoms with van der Waals surface area (Å²) in [7, 11) is 0. The van der Waals surface area contributed by atoms with Crippen LogP contribution in [0.3, 0.4) is 0 Å². The molecule has 6 aliphatic carbocycles. The van der Waals surface area contributed by atoms with Crippen molar-refractivity contribution in [1.29, 1.82) is 0 Å². The molecule has 0 spiro atoms. The smallest absolute Gasteiger partial charge is 0.197 e. The first kappa shape index (κ1) is 36.9. The molecular formula is C46H52Ti. The van der Waals surface area contributed by atoms with E-state index in [1.54, 1.807) is 11.1 Å². The summed E-state index contributed by atoms with van der Waals surface area (Å²) < 4.78 is 0. The van der Waals surface area contributed by atoms with Crippen LogP contribution in [0.4, 0.5) is 0 Å². The Labute approximate surface area is 301 Å². The zero-order valence-electron chi connectivity index (χ0n) is 28.8. The summed E-state index contributed by atoms with van der Waals surface area (Å²) in [5.74, 6) is 1.67. The van der Waals surface area contributed by atoms with Crippen LogP contribution in [0.5, 0.6) is 0 Å². The van der Waals surface area contributed by atoms with Crippen molar-refractivity contribution in [1.82, 2.24) is 0 Å². The van der Waals surface area contributed by atoms with Gasteiger partial charge in [-0.25, -0.2) is 0 Å². The van der Waals surface area contributed by atoms with E-state index in [4.69, 9.17) is 0 Å². The molecule has 0 amide bonds. The summed E-state index contributed by atoms with van der Waals surface area (Å²) >= 11 is 0. The number of allylic oxidation sites excluding steroid dienone is 16. The summed E-state index contributed by atoms with van der Waals surface area (Å²) in [5.41, 5.74) is 11.7. The van der Waals surface area contributed by atoms with Gasteiger partial charge >= 0.3 is 21.7 Å². The van der Waals surface area contributed by atoms with Crippen molar-refractivity contribution in [3.63, 3.8) is 0 Å². The van der Waals surface area contributed by atoms with E-state index in [-0.39, 0.29) is 21.7 Å². The molecule has 0 heterocycles. The van der Waals surface area contributed by atoms with E-state index >= 15 is 0 Å². The minimum atomic E-state index is 0. The van der Waals surface area contributed by atoms with Gasteiger partial charge in [-0.2, -0.15) is 106 Å². The van der Waals surface area contributed by atoms with Gasteiger partial charge in [-0.05, 0) is 0 Å². The molecule has 0 aliphatic heterocycles. The van der Waals surface area contributed by atoms with E-state index < -0.39 is 0 Å². The molecule has 0 saturated heterocycles. The molecule has 6 aliphatic rings. The maximum atomic E-state index is 3.56. The van der Waals surface area contributed by atoms with Gasteiger partial charge in [0.1, 0.15) is 0 Å². The Kier molecular flexibility index (Phi) is 16.1. The van der Waals surface area contributed by atoms with E-state index in [9.17, 15) is 0 Å². The van der Waals surface area contributed by atoms with Crippen molar-refractivity contribution in [3.8, 4) is 0 Å². The van der Waals surface area contributed by atoms with Crippen LogP contribution in [0.2, 0.25) is 0 Å². The molecule has 0 radical (unpaired) electrons. The molecule has 0 unspecified atom stereocenters. The monoisotopic (exact) mass is 652 g/mol. The second kappa shape index (κ2) is 20.4. The standard InChI is InChI=1S/2C16H19.2C7H7.Ti/c2*1-2-7-13(8-3-1)15-11-6-12-16(15)14-9-4-5-10-14;2*1-7-5-3-2-4-6-7;/h2*4-5,9,11,13H,1-3,6-8,10H2;2*3-6H,1H3;/q4*-1;+4. The predicted octanol–water partition coefficient (Wildman–Crippen LogP) is 12.6. The van der Waals surface area contributed by atoms with Crippen molar-refractivity contribution in [3.05, 3.63) is 166 Å². The molecule has 8 rings (SSSR count). The fourth-order valence-corrected chi connectivity index (χ4v) is 7.31. The molecule has 0 bridgehead atoms. The van der Waals surface area contributed by atoms with E-state index in [1.807, 2.05) is 48.5 Å². The molecule has 2 fully saturated rings. The van der Waals surface area contributed by atoms with Crippen LogP contribution < -0.4 is 0 Å². The zero-order chi connectivity index (χ0) is 31.8. The molecule has 0 atom stereocenters. The summed E-state index contributed by atoms with van der Waals surface area (Å²) in [5, 5.41) is 0. The Morgan fingerprint density at radius 3 is 1.21 bits per heavy atom. The number of hydrogen-bond acceptors (Lipinski definition) is 0. The Morgan fingerprint density at radius 2 is 0.915 bits per heavy atom. The molecule has 2 aromatic carbocycles. The van der Waals surface area contributed by atoms with E-state index in [1.165, 1.54) is 97.6 Å². The van der Waals surface area contributed by atoms with Gasteiger partial charge in [-0.1, -0.05) is 140 Å². The Bertz CT molecular complexity index is 1360. The molecule has 47 heavy (non-hydrogen) atoms. The third-order valence-corrected chi connectivity index (χ3v) is 9.82. The van der Waals surface area contributed by atoms with Crippen LogP contribution >= 0.6 is 0 Å². The molecule has 0 N–H and O–H groups in total. The van der Waals surface area contributed by atoms with Gasteiger partial charge in [0.15, 0.2) is 0 Å². The first-order chi connectivity index (χ1) is 22.7. The van der Waals surface area contributed by atoms with Gasteiger partial charge in [0.05, 0.1) is 0 Å². The Hall–Kier alpha value is -2.93. The molecule has 1 heteroatoms. The van der Waals surface area contributed by atoms with Crippen molar-refractivity contribution in [2.45, 2.75) is 104 Å². The predicted molar refractivity (Wildman–Crippen MR) is 196 cm³/mol. The number of aryl methyl sites for hydroxylation is 2. The van der Waals surface area contributed by atoms with Crippen LogP contribution in [0.15, 0.2) is 131 Å². The van der Waals surface area contributed by atoms with Crippen LogP contribution in [-0.2, 0) is 21.7 Å². The SMILES string of the molecule is Cc1cc[c-]cc1.Cc1cc[c-]cc1.[C-]1=C(C2=CC=CC2)C(C2CCCCC2)=CC1.[C-]1=C(C2=CC=CC2)C(C2CCCCC2)=CC1.[Ti+4]. The van der Waals surface area contributed by atoms with Crippen LogP contribution in [0, 0.1) is 50.0 Å². The van der Waals surface area contributed by atoms with Gasteiger partial charge in [0.2, 0.25) is 0 Å². The molecule has 240 valence electrons. The van der Waals surface area contributed by atoms with Crippen molar-refractivity contribution < 1.29 is 21.7 Å². The third kappa shape index (κ3) is 11.6. The van der Waals surface area contributed by atoms with Crippen molar-refractivity contribution >= 4 is 0 Å². The van der Waals surface area contributed by atoms with E-state index in [0.29, 0.717) is 0 Å². The summed E-state index contributed by atoms with van der Waals surface area (Å²) in [4.78, 5) is 0. The average Bonchev–Trinajstić information content (AvgIpc) is 3.94. The van der Waals surface area contributed by atoms with Crippen molar-refractivity contribution in [2.75, 3.05) is 0 Å². The van der Waals surface area contributed by atoms with Gasteiger partial charge in [0.25, 0.3) is 0 Å². The quantitative estimate of drug-likeness (QED) is 0.228. The maximum absolute atomic E-state index is 3.56. The molecular weight excluding hydrogens is 600 g/mol. The first-order valence-corrected chi connectivity index (χ1v) is 17.9. The summed E-state index contributed by atoms with van der Waals surface area (Å²) in [6.45, 7) is 4.13. The maximum Gasteiger partial charge on any atom is 4.00 e. The normalized spacial score (nSPS) is 20.0. The second-order valence-corrected chi connectivity index (χ2v) is 13.3. The first-order valence-electron chi connectivity index (χ1n) is 17.9. The summed E-state index contributed by atoms with van der Waals surface area (Å²) in [6, 6.07) is 21.6. The van der Waals surface area contributed by atoms with Crippen molar-refractivity contribution in [2.24, 2.45) is 11.8 Å². The van der Waals surface area contributed by atoms with Gasteiger partial charge in [0, 0.05) is 0 Å². The molecule has 2 saturated carbocycles. The molecule has 0 aromatic heterocycles. The molecule has 0 nitrogen and oxygen atoms in total. The largest absolute Gasteiger partial charge is 4.00 e. The second-order valence-electron chi connectivity index (χ2n) is 13.3. The topological polar surface area (TPSA) is 0 Å². The Balaban J connectivity index is 0.000000151. The third-order valence-electron chi connectivity index (χ3n) is 9.82. The van der Waals surface area contributed by atoms with Crippen LogP contribution in [0.1, 0.15) is 101 Å². The van der Waals surface area contributed by atoms with Crippen LogP contribution in [-0.4, -0.2) is 0 Å². The van der Waals surface area contributed by atoms with E-state index in [2.05, 4.69) is 86.7 Å². The van der Waals surface area contributed by atoms with Gasteiger partial charge in [-0.15, -0.1) is 35.5 Å². The Morgan fingerprint density at radius 1 is 0.532 bits per heavy atom. The number of benzene rings is 2. The minimum absolute atomic E-state index is 0.